The fourth-order valence-electron chi connectivity index (χ4n) is 5.68. The second kappa shape index (κ2) is 15.2. The first-order valence-corrected chi connectivity index (χ1v) is 13.7. The number of nitrogens with zero attached hydrogens (tertiary/aromatic N) is 1. The van der Waals surface area contributed by atoms with Crippen LogP contribution >= 0.6 is 0 Å². The number of carboxylic acid groups (broad SMARTS) is 1. The average Bonchev–Trinajstić information content (AvgIpc) is 3.38. The average molecular weight is 537 g/mol. The molecule has 0 radical (unpaired) electrons. The van der Waals surface area contributed by atoms with Gasteiger partial charge in [-0.2, -0.15) is 0 Å². The van der Waals surface area contributed by atoms with Crippen molar-refractivity contribution in [3.05, 3.63) is 35.6 Å². The molecule has 1 aliphatic heterocycles. The molecule has 7 atom stereocenters. The van der Waals surface area contributed by atoms with Crippen LogP contribution in [-0.2, 0) is 30.3 Å². The molecular formula is C29H45FN2O6. The third-order valence-corrected chi connectivity index (χ3v) is 8.15. The molecule has 38 heavy (non-hydrogen) atoms. The van der Waals surface area contributed by atoms with E-state index in [1.807, 2.05) is 0 Å². The molecule has 0 spiro atoms. The number of amides is 2. The van der Waals surface area contributed by atoms with Crippen molar-refractivity contribution in [3.8, 4) is 0 Å². The second-order valence-corrected chi connectivity index (χ2v) is 10.5. The number of ether oxygens (including phenoxy) is 2. The topological polar surface area (TPSA) is 105 Å². The van der Waals surface area contributed by atoms with Gasteiger partial charge in [0.1, 0.15) is 11.9 Å². The Hall–Kier alpha value is -2.52. The summed E-state index contributed by atoms with van der Waals surface area (Å²) >= 11 is 0. The summed E-state index contributed by atoms with van der Waals surface area (Å²) in [6, 6.07) is 4.03. The van der Waals surface area contributed by atoms with Crippen LogP contribution in [-0.4, -0.2) is 72.8 Å². The Labute approximate surface area is 226 Å². The summed E-state index contributed by atoms with van der Waals surface area (Å²) in [6.45, 7) is 8.72. The Kier molecular flexibility index (Phi) is 12.7. The number of aliphatic carboxylic acids is 1. The van der Waals surface area contributed by atoms with Gasteiger partial charge in [0, 0.05) is 27.2 Å². The molecule has 214 valence electrons. The van der Waals surface area contributed by atoms with E-state index >= 15 is 0 Å². The van der Waals surface area contributed by atoms with Crippen molar-refractivity contribution in [2.24, 2.45) is 17.8 Å². The van der Waals surface area contributed by atoms with E-state index in [1.165, 1.54) is 31.4 Å². The van der Waals surface area contributed by atoms with E-state index in [-0.39, 0.29) is 36.8 Å². The largest absolute Gasteiger partial charge is 0.480 e. The fourth-order valence-corrected chi connectivity index (χ4v) is 5.68. The van der Waals surface area contributed by atoms with Gasteiger partial charge in [0.25, 0.3) is 0 Å². The molecule has 2 amide bonds. The number of nitrogens with one attached hydrogen (secondary N) is 1. The van der Waals surface area contributed by atoms with Gasteiger partial charge in [0.15, 0.2) is 0 Å². The molecule has 8 nitrogen and oxygen atoms in total. The molecule has 0 aromatic heterocycles. The van der Waals surface area contributed by atoms with Crippen LogP contribution in [0.3, 0.4) is 0 Å². The van der Waals surface area contributed by atoms with E-state index < -0.39 is 35.8 Å². The number of hydrogen-bond acceptors (Lipinski definition) is 5. The van der Waals surface area contributed by atoms with Gasteiger partial charge in [0.2, 0.25) is 11.8 Å². The number of hydrogen-bond donors (Lipinski definition) is 2. The molecule has 0 saturated carbocycles. The maximum atomic E-state index is 13.4. The minimum absolute atomic E-state index is 0.0181. The zero-order valence-electron chi connectivity index (χ0n) is 23.6. The van der Waals surface area contributed by atoms with E-state index in [4.69, 9.17) is 9.47 Å². The molecule has 3 unspecified atom stereocenters. The summed E-state index contributed by atoms with van der Waals surface area (Å²) in [5.74, 6) is -2.08. The van der Waals surface area contributed by atoms with Gasteiger partial charge >= 0.3 is 5.97 Å². The van der Waals surface area contributed by atoms with E-state index in [0.717, 1.165) is 19.3 Å². The highest BCUT2D eigenvalue weighted by atomic mass is 19.1. The molecule has 1 saturated heterocycles. The van der Waals surface area contributed by atoms with Crippen molar-refractivity contribution in [1.82, 2.24) is 10.2 Å². The third-order valence-electron chi connectivity index (χ3n) is 8.15. The smallest absolute Gasteiger partial charge is 0.326 e. The number of benzene rings is 1. The molecule has 1 aromatic carbocycles. The second-order valence-electron chi connectivity index (χ2n) is 10.5. The highest BCUT2D eigenvalue weighted by Crippen LogP contribution is 2.30. The standard InChI is InChI=1S/C29H45FN2O6/c1-7-18(3)22(8-2)25(37-5)17-26(33)32-15-9-10-24(32)27(38-6)19(4)28(34)31-23(29(35)36)16-20-11-13-21(30)14-12-20/h11-14,18-19,22-25,27H,7-10,15-17H2,1-6H3,(H,31,34)(H,35,36)/t18?,19-,22?,23?,24+,25-,27-/m1/s1. The number of rotatable bonds is 15. The van der Waals surface area contributed by atoms with Crippen molar-refractivity contribution in [3.63, 3.8) is 0 Å². The van der Waals surface area contributed by atoms with Gasteiger partial charge in [-0.15, -0.1) is 0 Å². The van der Waals surface area contributed by atoms with Crippen molar-refractivity contribution < 1.29 is 33.4 Å². The van der Waals surface area contributed by atoms with Crippen molar-refractivity contribution in [2.45, 2.75) is 90.5 Å². The van der Waals surface area contributed by atoms with Gasteiger partial charge in [0.05, 0.1) is 30.6 Å². The van der Waals surface area contributed by atoms with Crippen LogP contribution in [0, 0.1) is 23.6 Å². The number of carboxylic acids is 1. The lowest BCUT2D eigenvalue weighted by molar-refractivity contribution is -0.145. The molecule has 1 heterocycles. The molecule has 2 rings (SSSR count). The summed E-state index contributed by atoms with van der Waals surface area (Å²) in [5.41, 5.74) is 0.595. The van der Waals surface area contributed by atoms with E-state index in [1.54, 1.807) is 18.9 Å². The van der Waals surface area contributed by atoms with Crippen molar-refractivity contribution in [1.29, 1.82) is 0 Å². The summed E-state index contributed by atoms with van der Waals surface area (Å²) in [5, 5.41) is 12.3. The Balaban J connectivity index is 2.11. The Morgan fingerprint density at radius 1 is 1.11 bits per heavy atom. The van der Waals surface area contributed by atoms with Crippen molar-refractivity contribution >= 4 is 17.8 Å². The van der Waals surface area contributed by atoms with Gasteiger partial charge in [-0.05, 0) is 42.4 Å². The van der Waals surface area contributed by atoms with Crippen LogP contribution in [0.5, 0.6) is 0 Å². The molecule has 0 aliphatic carbocycles. The molecule has 1 aromatic rings. The maximum absolute atomic E-state index is 13.4. The number of likely N-dealkylation sites (tertiary alicyclic amines) is 1. The summed E-state index contributed by atoms with van der Waals surface area (Å²) in [6.07, 6.45) is 2.93. The highest BCUT2D eigenvalue weighted by molar-refractivity contribution is 5.85. The number of carbonyl (C=O) groups is 3. The molecule has 1 aliphatic rings. The van der Waals surface area contributed by atoms with Crippen LogP contribution in [0.2, 0.25) is 0 Å². The predicted molar refractivity (Wildman–Crippen MR) is 143 cm³/mol. The quantitative estimate of drug-likeness (QED) is 0.350. The normalized spacial score (nSPS) is 20.3. The Bertz CT molecular complexity index is 911. The Morgan fingerprint density at radius 2 is 1.76 bits per heavy atom. The molecule has 1 fully saturated rings. The molecule has 2 N–H and O–H groups in total. The van der Waals surface area contributed by atoms with E-state index in [2.05, 4.69) is 26.1 Å². The van der Waals surface area contributed by atoms with Gasteiger partial charge in [-0.1, -0.05) is 52.7 Å². The fraction of sp³-hybridized carbons (Fsp3) is 0.690. The minimum atomic E-state index is -1.18. The molecule has 9 heteroatoms. The first kappa shape index (κ1) is 31.7. The van der Waals surface area contributed by atoms with Gasteiger partial charge in [-0.3, -0.25) is 9.59 Å². The van der Waals surface area contributed by atoms with Gasteiger partial charge < -0.3 is 24.8 Å². The van der Waals surface area contributed by atoms with Crippen molar-refractivity contribution in [2.75, 3.05) is 20.8 Å². The van der Waals surface area contributed by atoms with Crippen LogP contribution in [0.4, 0.5) is 4.39 Å². The summed E-state index contributed by atoms with van der Waals surface area (Å²) in [4.78, 5) is 40.3. The Morgan fingerprint density at radius 3 is 2.29 bits per heavy atom. The first-order valence-electron chi connectivity index (χ1n) is 13.7. The predicted octanol–water partition coefficient (Wildman–Crippen LogP) is 4.06. The minimum Gasteiger partial charge on any atom is -0.480 e. The summed E-state index contributed by atoms with van der Waals surface area (Å²) in [7, 11) is 3.16. The lowest BCUT2D eigenvalue weighted by atomic mass is 9.83. The first-order chi connectivity index (χ1) is 18.1. The third kappa shape index (κ3) is 8.24. The van der Waals surface area contributed by atoms with E-state index in [0.29, 0.717) is 24.4 Å². The van der Waals surface area contributed by atoms with Crippen LogP contribution in [0.1, 0.15) is 65.4 Å². The van der Waals surface area contributed by atoms with Gasteiger partial charge in [-0.25, -0.2) is 9.18 Å². The van der Waals surface area contributed by atoms with Crippen LogP contribution in [0.25, 0.3) is 0 Å². The number of carbonyl (C=O) groups excluding carboxylic acids is 2. The zero-order chi connectivity index (χ0) is 28.4. The lowest BCUT2D eigenvalue weighted by Crippen LogP contribution is -2.52. The lowest BCUT2D eigenvalue weighted by Gasteiger charge is -2.36. The summed E-state index contributed by atoms with van der Waals surface area (Å²) < 4.78 is 24.7. The maximum Gasteiger partial charge on any atom is 0.326 e. The number of methoxy groups -OCH3 is 2. The number of halogens is 1. The highest BCUT2D eigenvalue weighted by Gasteiger charge is 2.41. The van der Waals surface area contributed by atoms with E-state index in [9.17, 15) is 23.9 Å². The monoisotopic (exact) mass is 536 g/mol. The van der Waals surface area contributed by atoms with Crippen LogP contribution in [0.15, 0.2) is 24.3 Å². The SMILES string of the molecule is CCC(C)C(CC)[C@@H](CC(=O)N1CCC[C@H]1[C@H](OC)[C@@H](C)C(=O)NC(Cc1ccc(F)cc1)C(=O)O)OC. The van der Waals surface area contributed by atoms with Crippen LogP contribution < -0.4 is 5.32 Å². The molecular weight excluding hydrogens is 491 g/mol. The molecule has 0 bridgehead atoms. The zero-order valence-corrected chi connectivity index (χ0v) is 23.6.